The first-order valence-corrected chi connectivity index (χ1v) is 6.61. The lowest BCUT2D eigenvalue weighted by Gasteiger charge is -2.19. The molecule has 0 fully saturated rings. The monoisotopic (exact) mass is 287 g/mol. The maximum absolute atomic E-state index is 13.4. The molecule has 0 aromatic heterocycles. The summed E-state index contributed by atoms with van der Waals surface area (Å²) >= 11 is 0. The van der Waals surface area contributed by atoms with E-state index in [0.717, 1.165) is 29.8 Å². The number of anilines is 2. The number of hydrogen-bond acceptors (Lipinski definition) is 4. The van der Waals surface area contributed by atoms with Gasteiger partial charge in [-0.25, -0.2) is 4.39 Å². The third kappa shape index (κ3) is 2.52. The number of nitro benzene ring substituents is 1. The van der Waals surface area contributed by atoms with Gasteiger partial charge >= 0.3 is 0 Å². The summed E-state index contributed by atoms with van der Waals surface area (Å²) < 4.78 is 13.4. The van der Waals surface area contributed by atoms with Gasteiger partial charge in [0.2, 0.25) is 0 Å². The van der Waals surface area contributed by atoms with Gasteiger partial charge in [0.1, 0.15) is 11.5 Å². The van der Waals surface area contributed by atoms with Gasteiger partial charge in [-0.3, -0.25) is 10.1 Å². The highest BCUT2D eigenvalue weighted by atomic mass is 19.1. The summed E-state index contributed by atoms with van der Waals surface area (Å²) in [5.41, 5.74) is 8.39. The van der Waals surface area contributed by atoms with Crippen molar-refractivity contribution >= 4 is 17.1 Å². The largest absolute Gasteiger partial charge is 0.393 e. The first kappa shape index (κ1) is 13.4. The molecule has 0 amide bonds. The van der Waals surface area contributed by atoms with Crippen molar-refractivity contribution < 1.29 is 9.31 Å². The highest BCUT2D eigenvalue weighted by Gasteiger charge is 2.21. The minimum absolute atomic E-state index is 0.0915. The van der Waals surface area contributed by atoms with E-state index in [0.29, 0.717) is 6.54 Å². The number of fused-ring (bicyclic) bond motifs is 1. The fourth-order valence-electron chi connectivity index (χ4n) is 2.65. The average Bonchev–Trinajstić information content (AvgIpc) is 2.83. The van der Waals surface area contributed by atoms with Crippen LogP contribution < -0.4 is 10.6 Å². The fraction of sp³-hybridized carbons (Fsp3) is 0.200. The van der Waals surface area contributed by atoms with E-state index in [1.807, 2.05) is 4.90 Å². The number of nitrogens with zero attached hydrogens (tertiary/aromatic N) is 2. The third-order valence-corrected chi connectivity index (χ3v) is 3.70. The van der Waals surface area contributed by atoms with Gasteiger partial charge in [-0.2, -0.15) is 0 Å². The molecule has 5 nitrogen and oxygen atoms in total. The van der Waals surface area contributed by atoms with E-state index in [1.165, 1.54) is 24.3 Å². The van der Waals surface area contributed by atoms with Crippen LogP contribution in [0.1, 0.15) is 11.1 Å². The maximum Gasteiger partial charge on any atom is 0.292 e. The van der Waals surface area contributed by atoms with Crippen molar-refractivity contribution in [2.24, 2.45) is 0 Å². The number of benzene rings is 2. The second-order valence-electron chi connectivity index (χ2n) is 5.09. The lowest BCUT2D eigenvalue weighted by molar-refractivity contribution is -0.384. The third-order valence-electron chi connectivity index (χ3n) is 3.70. The molecule has 21 heavy (non-hydrogen) atoms. The fourth-order valence-corrected chi connectivity index (χ4v) is 2.65. The maximum atomic E-state index is 13.4. The summed E-state index contributed by atoms with van der Waals surface area (Å²) in [6.45, 7) is 1.27. The van der Waals surface area contributed by atoms with E-state index < -0.39 is 4.92 Å². The van der Waals surface area contributed by atoms with Crippen LogP contribution in [0.25, 0.3) is 0 Å². The van der Waals surface area contributed by atoms with Crippen molar-refractivity contribution in [3.63, 3.8) is 0 Å². The number of rotatable bonds is 3. The predicted molar refractivity (Wildman–Crippen MR) is 78.7 cm³/mol. The highest BCUT2D eigenvalue weighted by molar-refractivity contribution is 5.61. The summed E-state index contributed by atoms with van der Waals surface area (Å²) in [7, 11) is 0. The van der Waals surface area contributed by atoms with E-state index in [4.69, 9.17) is 5.73 Å². The topological polar surface area (TPSA) is 72.4 Å². The van der Waals surface area contributed by atoms with Crippen LogP contribution in [0, 0.1) is 15.9 Å². The quantitative estimate of drug-likeness (QED) is 0.535. The Kier molecular flexibility index (Phi) is 3.21. The van der Waals surface area contributed by atoms with Crippen LogP contribution in [0.5, 0.6) is 0 Å². The SMILES string of the molecule is Nc1ccc(CN2CCc3ccc(F)cc32)cc1[N+](=O)[O-]. The molecule has 0 saturated heterocycles. The first-order chi connectivity index (χ1) is 10.0. The first-order valence-electron chi connectivity index (χ1n) is 6.61. The van der Waals surface area contributed by atoms with Crippen LogP contribution in [-0.4, -0.2) is 11.5 Å². The zero-order valence-corrected chi connectivity index (χ0v) is 11.3. The number of nitrogens with two attached hydrogens (primary N) is 1. The van der Waals surface area contributed by atoms with Gasteiger partial charge in [-0.05, 0) is 35.7 Å². The molecule has 2 N–H and O–H groups in total. The Hall–Kier alpha value is -2.63. The molecule has 0 aliphatic carbocycles. The molecule has 0 spiro atoms. The molecule has 0 bridgehead atoms. The molecule has 2 aromatic rings. The molecule has 1 aliphatic heterocycles. The second kappa shape index (κ2) is 5.05. The summed E-state index contributed by atoms with van der Waals surface area (Å²) in [5.74, 6) is -0.274. The zero-order valence-electron chi connectivity index (χ0n) is 11.3. The van der Waals surface area contributed by atoms with Crippen molar-refractivity contribution in [2.45, 2.75) is 13.0 Å². The molecule has 0 radical (unpaired) electrons. The van der Waals surface area contributed by atoms with Gasteiger partial charge in [0, 0.05) is 24.8 Å². The minimum atomic E-state index is -0.490. The van der Waals surface area contributed by atoms with Crippen molar-refractivity contribution in [1.29, 1.82) is 0 Å². The second-order valence-corrected chi connectivity index (χ2v) is 5.09. The lowest BCUT2D eigenvalue weighted by atomic mass is 10.1. The standard InChI is InChI=1S/C15H14FN3O2/c16-12-3-2-11-5-6-18(14(11)8-12)9-10-1-4-13(17)15(7-10)19(20)21/h1-4,7-8H,5-6,9,17H2. The molecular formula is C15H14FN3O2. The van der Waals surface area contributed by atoms with Crippen molar-refractivity contribution in [3.8, 4) is 0 Å². The van der Waals surface area contributed by atoms with Crippen LogP contribution in [0.2, 0.25) is 0 Å². The normalized spacial score (nSPS) is 13.3. The van der Waals surface area contributed by atoms with Gasteiger partial charge in [0.15, 0.2) is 0 Å². The minimum Gasteiger partial charge on any atom is -0.393 e. The summed E-state index contributed by atoms with van der Waals surface area (Å²) in [6.07, 6.45) is 0.854. The average molecular weight is 287 g/mol. The van der Waals surface area contributed by atoms with Crippen LogP contribution in [-0.2, 0) is 13.0 Å². The smallest absolute Gasteiger partial charge is 0.292 e. The van der Waals surface area contributed by atoms with Gasteiger partial charge in [0.05, 0.1) is 4.92 Å². The van der Waals surface area contributed by atoms with Crippen molar-refractivity contribution in [1.82, 2.24) is 0 Å². The molecule has 2 aromatic carbocycles. The van der Waals surface area contributed by atoms with E-state index in [1.54, 1.807) is 12.1 Å². The lowest BCUT2D eigenvalue weighted by Crippen LogP contribution is -2.19. The zero-order chi connectivity index (χ0) is 15.0. The Bertz CT molecular complexity index is 718. The molecule has 1 heterocycles. The highest BCUT2D eigenvalue weighted by Crippen LogP contribution is 2.31. The van der Waals surface area contributed by atoms with E-state index >= 15 is 0 Å². The molecule has 0 unspecified atom stereocenters. The van der Waals surface area contributed by atoms with E-state index in [9.17, 15) is 14.5 Å². The predicted octanol–water partition coefficient (Wildman–Crippen LogP) is 2.88. The Morgan fingerprint density at radius 2 is 2.10 bits per heavy atom. The summed E-state index contributed by atoms with van der Waals surface area (Å²) in [6, 6.07) is 9.53. The van der Waals surface area contributed by atoms with E-state index in [-0.39, 0.29) is 17.2 Å². The van der Waals surface area contributed by atoms with E-state index in [2.05, 4.69) is 0 Å². The molecule has 0 saturated carbocycles. The van der Waals surface area contributed by atoms with Gasteiger partial charge < -0.3 is 10.6 Å². The van der Waals surface area contributed by atoms with Gasteiger partial charge in [0.25, 0.3) is 5.69 Å². The van der Waals surface area contributed by atoms with Crippen LogP contribution >= 0.6 is 0 Å². The van der Waals surface area contributed by atoms with Crippen LogP contribution in [0.3, 0.4) is 0 Å². The van der Waals surface area contributed by atoms with Crippen molar-refractivity contribution in [2.75, 3.05) is 17.2 Å². The van der Waals surface area contributed by atoms with Crippen LogP contribution in [0.15, 0.2) is 36.4 Å². The molecular weight excluding hydrogens is 273 g/mol. The number of halogens is 1. The van der Waals surface area contributed by atoms with Crippen molar-refractivity contribution in [3.05, 3.63) is 63.5 Å². The van der Waals surface area contributed by atoms with Gasteiger partial charge in [-0.1, -0.05) is 12.1 Å². The number of nitro groups is 1. The Balaban J connectivity index is 1.88. The molecule has 108 valence electrons. The molecule has 6 heteroatoms. The number of nitrogen functional groups attached to an aromatic ring is 1. The Morgan fingerprint density at radius 3 is 2.86 bits per heavy atom. The van der Waals surface area contributed by atoms with Crippen LogP contribution in [0.4, 0.5) is 21.5 Å². The molecule has 3 rings (SSSR count). The summed E-state index contributed by atoms with van der Waals surface area (Å²) in [5, 5.41) is 10.9. The Labute approximate surface area is 120 Å². The molecule has 0 atom stereocenters. The van der Waals surface area contributed by atoms with Gasteiger partial charge in [-0.15, -0.1) is 0 Å². The summed E-state index contributed by atoms with van der Waals surface area (Å²) in [4.78, 5) is 12.4. The Morgan fingerprint density at radius 1 is 1.29 bits per heavy atom. The number of hydrogen-bond donors (Lipinski definition) is 1. The molecule has 1 aliphatic rings.